The summed E-state index contributed by atoms with van der Waals surface area (Å²) in [7, 11) is 0. The predicted molar refractivity (Wildman–Crippen MR) is 135 cm³/mol. The van der Waals surface area contributed by atoms with E-state index in [9.17, 15) is 14.7 Å². The molecular weight excluding hydrogens is 462 g/mol. The molecule has 1 amide bonds. The van der Waals surface area contributed by atoms with E-state index in [0.717, 1.165) is 40.4 Å². The van der Waals surface area contributed by atoms with Gasteiger partial charge in [0.05, 0.1) is 6.61 Å². The van der Waals surface area contributed by atoms with Crippen LogP contribution >= 0.6 is 11.8 Å². The summed E-state index contributed by atoms with van der Waals surface area (Å²) in [5, 5.41) is 12.9. The molecule has 0 radical (unpaired) electrons. The summed E-state index contributed by atoms with van der Waals surface area (Å²) in [5.74, 6) is 1.06. The maximum atomic E-state index is 13.6. The average Bonchev–Trinajstić information content (AvgIpc) is 3.05. The van der Waals surface area contributed by atoms with Gasteiger partial charge in [0, 0.05) is 35.0 Å². The first-order valence-corrected chi connectivity index (χ1v) is 13.0. The number of carbonyl (C=O) groups excluding carboxylic acids is 1. The van der Waals surface area contributed by atoms with Crippen molar-refractivity contribution in [2.75, 3.05) is 24.8 Å². The van der Waals surface area contributed by atoms with Gasteiger partial charge in [-0.3, -0.25) is 19.3 Å². The van der Waals surface area contributed by atoms with Crippen molar-refractivity contribution in [2.24, 2.45) is 5.92 Å². The van der Waals surface area contributed by atoms with E-state index in [0.29, 0.717) is 19.8 Å². The maximum Gasteiger partial charge on any atom is 0.277 e. The topological polar surface area (TPSA) is 75.0 Å². The SMILES string of the molecule is CC[C@@H]1CCOc2cccc3c2[C@@H](c2ccccc2SC3)N2CN(C1)C(=O)c1c(O)c(=O)ccn12. The second kappa shape index (κ2) is 8.68. The zero-order valence-electron chi connectivity index (χ0n) is 19.5. The average molecular weight is 490 g/mol. The van der Waals surface area contributed by atoms with Crippen molar-refractivity contribution in [3.05, 3.63) is 87.3 Å². The van der Waals surface area contributed by atoms with Gasteiger partial charge in [-0.2, -0.15) is 0 Å². The van der Waals surface area contributed by atoms with Gasteiger partial charge in [-0.1, -0.05) is 43.7 Å². The fraction of sp³-hybridized carbons (Fsp3) is 0.333. The van der Waals surface area contributed by atoms with E-state index in [1.165, 1.54) is 11.6 Å². The maximum absolute atomic E-state index is 13.6. The van der Waals surface area contributed by atoms with Crippen LogP contribution in [0.2, 0.25) is 0 Å². The zero-order chi connectivity index (χ0) is 24.1. The number of rotatable bonds is 1. The van der Waals surface area contributed by atoms with Crippen LogP contribution in [0, 0.1) is 5.92 Å². The monoisotopic (exact) mass is 489 g/mol. The summed E-state index contributed by atoms with van der Waals surface area (Å²) in [6.45, 7) is 3.55. The van der Waals surface area contributed by atoms with E-state index in [1.54, 1.807) is 27.5 Å². The standard InChI is InChI=1S/C27H27N3O4S/c1-2-17-11-13-34-21-8-5-6-18-15-35-22-9-4-3-7-19(22)24(23(18)21)30-16-28(14-17)27(33)25-26(32)20(31)10-12-29(25)30/h3-10,12,17,24,32H,2,11,13-16H2,1H3/t17-,24-/m1/s1. The number of amides is 1. The van der Waals surface area contributed by atoms with Crippen LogP contribution in [-0.2, 0) is 5.75 Å². The van der Waals surface area contributed by atoms with E-state index in [4.69, 9.17) is 4.74 Å². The lowest BCUT2D eigenvalue weighted by Gasteiger charge is -2.44. The van der Waals surface area contributed by atoms with Crippen LogP contribution < -0.4 is 15.2 Å². The van der Waals surface area contributed by atoms with E-state index < -0.39 is 11.2 Å². The molecule has 8 heteroatoms. The summed E-state index contributed by atoms with van der Waals surface area (Å²) in [5.41, 5.74) is 2.82. The molecule has 6 rings (SSSR count). The van der Waals surface area contributed by atoms with Gasteiger partial charge in [0.15, 0.2) is 11.4 Å². The summed E-state index contributed by atoms with van der Waals surface area (Å²) < 4.78 is 8.10. The van der Waals surface area contributed by atoms with Crippen LogP contribution in [0.25, 0.3) is 0 Å². The zero-order valence-corrected chi connectivity index (χ0v) is 20.3. The number of benzene rings is 2. The molecule has 3 aromatic rings. The van der Waals surface area contributed by atoms with Gasteiger partial charge in [0.1, 0.15) is 18.5 Å². The third-order valence-electron chi connectivity index (χ3n) is 7.30. The minimum Gasteiger partial charge on any atom is -0.502 e. The fourth-order valence-electron chi connectivity index (χ4n) is 5.42. The van der Waals surface area contributed by atoms with E-state index >= 15 is 0 Å². The molecule has 3 aliphatic rings. The molecule has 7 nitrogen and oxygen atoms in total. The Hall–Kier alpha value is -3.39. The number of nitrogens with zero attached hydrogens (tertiary/aromatic N) is 3. The van der Waals surface area contributed by atoms with Gasteiger partial charge in [-0.25, -0.2) is 0 Å². The number of fused-ring (bicyclic) bond motifs is 7. The Morgan fingerprint density at radius 3 is 2.83 bits per heavy atom. The molecule has 3 aliphatic heterocycles. The molecule has 0 saturated heterocycles. The van der Waals surface area contributed by atoms with Crippen molar-refractivity contribution < 1.29 is 14.6 Å². The Labute approximate surface area is 207 Å². The van der Waals surface area contributed by atoms with Gasteiger partial charge in [0.2, 0.25) is 5.43 Å². The molecule has 35 heavy (non-hydrogen) atoms. The van der Waals surface area contributed by atoms with Crippen LogP contribution in [0.4, 0.5) is 0 Å². The van der Waals surface area contributed by atoms with Crippen LogP contribution in [0.5, 0.6) is 11.5 Å². The number of pyridine rings is 1. The summed E-state index contributed by atoms with van der Waals surface area (Å²) in [4.78, 5) is 28.9. The number of thioether (sulfide) groups is 1. The van der Waals surface area contributed by atoms with Crippen LogP contribution in [0.1, 0.15) is 53.0 Å². The fourth-order valence-corrected chi connectivity index (χ4v) is 6.50. The lowest BCUT2D eigenvalue weighted by molar-refractivity contribution is 0.0640. The lowest BCUT2D eigenvalue weighted by Crippen LogP contribution is -2.56. The highest BCUT2D eigenvalue weighted by Crippen LogP contribution is 2.46. The van der Waals surface area contributed by atoms with Crippen molar-refractivity contribution in [3.8, 4) is 11.5 Å². The number of carbonyl (C=O) groups is 1. The number of hydrogen-bond acceptors (Lipinski definition) is 6. The van der Waals surface area contributed by atoms with Gasteiger partial charge in [-0.15, -0.1) is 11.8 Å². The Morgan fingerprint density at radius 1 is 1.11 bits per heavy atom. The molecule has 0 spiro atoms. The Bertz CT molecular complexity index is 1370. The Morgan fingerprint density at radius 2 is 1.97 bits per heavy atom. The molecule has 2 bridgehead atoms. The summed E-state index contributed by atoms with van der Waals surface area (Å²) in [6.07, 6.45) is 3.32. The molecule has 0 unspecified atom stereocenters. The molecule has 0 fully saturated rings. The molecule has 2 atom stereocenters. The van der Waals surface area contributed by atoms with E-state index in [2.05, 4.69) is 30.1 Å². The van der Waals surface area contributed by atoms with E-state index in [-0.39, 0.29) is 23.6 Å². The van der Waals surface area contributed by atoms with Gasteiger partial charge in [0.25, 0.3) is 5.91 Å². The third kappa shape index (κ3) is 3.58. The van der Waals surface area contributed by atoms with Crippen LogP contribution in [-0.4, -0.2) is 40.4 Å². The van der Waals surface area contributed by atoms with Crippen molar-refractivity contribution in [2.45, 2.75) is 36.5 Å². The third-order valence-corrected chi connectivity index (χ3v) is 8.44. The highest BCUT2D eigenvalue weighted by atomic mass is 32.2. The number of hydrogen-bond donors (Lipinski definition) is 1. The van der Waals surface area contributed by atoms with E-state index in [1.807, 2.05) is 24.3 Å². The number of aromatic hydroxyl groups is 1. The van der Waals surface area contributed by atoms with Crippen molar-refractivity contribution in [3.63, 3.8) is 0 Å². The minimum absolute atomic E-state index is 0.0205. The first kappa shape index (κ1) is 22.1. The second-order valence-corrected chi connectivity index (χ2v) is 10.3. The summed E-state index contributed by atoms with van der Waals surface area (Å²) >= 11 is 1.79. The highest BCUT2D eigenvalue weighted by molar-refractivity contribution is 7.98. The molecule has 0 saturated carbocycles. The molecule has 4 heterocycles. The Kier molecular flexibility index (Phi) is 5.48. The molecule has 2 aromatic carbocycles. The Balaban J connectivity index is 1.66. The van der Waals surface area contributed by atoms with Crippen LogP contribution in [0.15, 0.2) is 64.4 Å². The van der Waals surface area contributed by atoms with Crippen LogP contribution in [0.3, 0.4) is 0 Å². The number of aromatic nitrogens is 1. The largest absolute Gasteiger partial charge is 0.502 e. The van der Waals surface area contributed by atoms with Crippen molar-refractivity contribution in [1.82, 2.24) is 9.58 Å². The second-order valence-electron chi connectivity index (χ2n) is 9.30. The predicted octanol–water partition coefficient (Wildman–Crippen LogP) is 4.11. The smallest absolute Gasteiger partial charge is 0.277 e. The first-order valence-electron chi connectivity index (χ1n) is 12.0. The minimum atomic E-state index is -0.552. The molecule has 1 N–H and O–H groups in total. The first-order chi connectivity index (χ1) is 17.1. The molecule has 0 aliphatic carbocycles. The quantitative estimate of drug-likeness (QED) is 0.555. The number of ether oxygens (including phenoxy) is 1. The molecule has 180 valence electrons. The van der Waals surface area contributed by atoms with Crippen molar-refractivity contribution >= 4 is 17.7 Å². The molecule has 1 aromatic heterocycles. The van der Waals surface area contributed by atoms with Gasteiger partial charge in [-0.05, 0) is 35.6 Å². The lowest BCUT2D eigenvalue weighted by atomic mass is 9.93. The van der Waals surface area contributed by atoms with Gasteiger partial charge < -0.3 is 14.7 Å². The highest BCUT2D eigenvalue weighted by Gasteiger charge is 2.40. The van der Waals surface area contributed by atoms with Gasteiger partial charge >= 0.3 is 0 Å². The van der Waals surface area contributed by atoms with Crippen molar-refractivity contribution in [1.29, 1.82) is 0 Å². The normalized spacial score (nSPS) is 21.1. The summed E-state index contributed by atoms with van der Waals surface area (Å²) in [6, 6.07) is 15.6. The molecular formula is C27H27N3O4S.